The van der Waals surface area contributed by atoms with Crippen molar-refractivity contribution in [3.63, 3.8) is 0 Å². The standard InChI is InChI=1S/C17H13BrN2O4/c1-22-14-5-3-4-10(15(14)23-2)7-13-17(21)24-16(20-13)11-6-12(18)9-19-8-11/h3-9H,1-2H3. The molecule has 0 aliphatic carbocycles. The second-order valence-corrected chi connectivity index (χ2v) is 5.73. The number of carbonyl (C=O) groups excluding carboxylic acids is 1. The number of aliphatic imine (C=N–C) groups is 1. The summed E-state index contributed by atoms with van der Waals surface area (Å²) in [4.78, 5) is 20.4. The average Bonchev–Trinajstić information content (AvgIpc) is 2.95. The van der Waals surface area contributed by atoms with Gasteiger partial charge in [0.15, 0.2) is 17.2 Å². The number of methoxy groups -OCH3 is 2. The highest BCUT2D eigenvalue weighted by Gasteiger charge is 2.25. The summed E-state index contributed by atoms with van der Waals surface area (Å²) < 4.78 is 16.6. The first kappa shape index (κ1) is 16.2. The highest BCUT2D eigenvalue weighted by atomic mass is 79.9. The van der Waals surface area contributed by atoms with Crippen molar-refractivity contribution in [3.8, 4) is 11.5 Å². The van der Waals surface area contributed by atoms with E-state index in [2.05, 4.69) is 25.9 Å². The number of ether oxygens (including phenoxy) is 3. The van der Waals surface area contributed by atoms with Gasteiger partial charge in [-0.1, -0.05) is 12.1 Å². The molecule has 1 aliphatic heterocycles. The molecule has 0 N–H and O–H groups in total. The zero-order valence-corrected chi connectivity index (χ0v) is 14.5. The molecule has 0 fully saturated rings. The fourth-order valence-corrected chi connectivity index (χ4v) is 2.60. The molecule has 0 unspecified atom stereocenters. The van der Waals surface area contributed by atoms with Crippen molar-refractivity contribution in [2.75, 3.05) is 14.2 Å². The van der Waals surface area contributed by atoms with Crippen molar-refractivity contribution < 1.29 is 19.0 Å². The zero-order chi connectivity index (χ0) is 17.1. The number of pyridine rings is 1. The number of para-hydroxylation sites is 1. The van der Waals surface area contributed by atoms with Crippen LogP contribution in [-0.4, -0.2) is 31.1 Å². The molecule has 7 heteroatoms. The van der Waals surface area contributed by atoms with E-state index in [0.29, 0.717) is 22.6 Å². The maximum Gasteiger partial charge on any atom is 0.363 e. The van der Waals surface area contributed by atoms with Crippen LogP contribution in [0.25, 0.3) is 6.08 Å². The monoisotopic (exact) mass is 388 g/mol. The van der Waals surface area contributed by atoms with Gasteiger partial charge in [0.05, 0.1) is 19.8 Å². The van der Waals surface area contributed by atoms with Crippen LogP contribution in [0.4, 0.5) is 0 Å². The SMILES string of the molecule is COc1cccc(C=C2N=C(c3cncc(Br)c3)OC2=O)c1OC. The second kappa shape index (κ2) is 6.84. The number of rotatable bonds is 4. The Morgan fingerprint density at radius 1 is 1.21 bits per heavy atom. The molecule has 24 heavy (non-hydrogen) atoms. The summed E-state index contributed by atoms with van der Waals surface area (Å²) in [6.07, 6.45) is 4.81. The van der Waals surface area contributed by atoms with Crippen molar-refractivity contribution in [3.05, 3.63) is 58.0 Å². The van der Waals surface area contributed by atoms with Gasteiger partial charge in [0, 0.05) is 22.4 Å². The lowest BCUT2D eigenvalue weighted by Gasteiger charge is -2.09. The van der Waals surface area contributed by atoms with Crippen LogP contribution in [0.2, 0.25) is 0 Å². The van der Waals surface area contributed by atoms with Gasteiger partial charge in [-0.25, -0.2) is 9.79 Å². The zero-order valence-electron chi connectivity index (χ0n) is 12.9. The molecule has 0 saturated carbocycles. The van der Waals surface area contributed by atoms with Crippen molar-refractivity contribution in [1.29, 1.82) is 0 Å². The van der Waals surface area contributed by atoms with Gasteiger partial charge in [-0.05, 0) is 34.1 Å². The first-order valence-electron chi connectivity index (χ1n) is 6.97. The second-order valence-electron chi connectivity index (χ2n) is 4.81. The molecule has 2 aromatic rings. The Bertz CT molecular complexity index is 861. The summed E-state index contributed by atoms with van der Waals surface area (Å²) in [6.45, 7) is 0. The maximum absolute atomic E-state index is 12.1. The molecular formula is C17H13BrN2O4. The topological polar surface area (TPSA) is 70.0 Å². The fourth-order valence-electron chi connectivity index (χ4n) is 2.23. The Labute approximate surface area is 146 Å². The van der Waals surface area contributed by atoms with E-state index in [0.717, 1.165) is 4.47 Å². The fraction of sp³-hybridized carbons (Fsp3) is 0.118. The molecule has 3 rings (SSSR count). The predicted octanol–water partition coefficient (Wildman–Crippen LogP) is 3.21. The van der Waals surface area contributed by atoms with Crippen LogP contribution in [0.15, 0.2) is 51.8 Å². The molecular weight excluding hydrogens is 376 g/mol. The smallest absolute Gasteiger partial charge is 0.363 e. The van der Waals surface area contributed by atoms with Gasteiger partial charge in [-0.15, -0.1) is 0 Å². The number of esters is 1. The molecule has 0 atom stereocenters. The first-order chi connectivity index (χ1) is 11.6. The Balaban J connectivity index is 2.01. The average molecular weight is 389 g/mol. The Morgan fingerprint density at radius 3 is 2.75 bits per heavy atom. The Hall–Kier alpha value is -2.67. The van der Waals surface area contributed by atoms with E-state index in [4.69, 9.17) is 14.2 Å². The number of benzene rings is 1. The normalized spacial score (nSPS) is 15.2. The lowest BCUT2D eigenvalue weighted by molar-refractivity contribution is -0.129. The highest BCUT2D eigenvalue weighted by molar-refractivity contribution is 9.10. The molecule has 0 spiro atoms. The van der Waals surface area contributed by atoms with Crippen molar-refractivity contribution in [2.45, 2.75) is 0 Å². The number of halogens is 1. The van der Waals surface area contributed by atoms with E-state index >= 15 is 0 Å². The molecule has 0 saturated heterocycles. The minimum atomic E-state index is -0.533. The van der Waals surface area contributed by atoms with Gasteiger partial charge in [-0.3, -0.25) is 4.98 Å². The number of cyclic esters (lactones) is 1. The van der Waals surface area contributed by atoms with E-state index < -0.39 is 5.97 Å². The largest absolute Gasteiger partial charge is 0.493 e. The number of nitrogens with zero attached hydrogens (tertiary/aromatic N) is 2. The molecule has 0 amide bonds. The van der Waals surface area contributed by atoms with Crippen LogP contribution in [0.1, 0.15) is 11.1 Å². The number of hydrogen-bond donors (Lipinski definition) is 0. The van der Waals surface area contributed by atoms with Crippen molar-refractivity contribution in [2.24, 2.45) is 4.99 Å². The molecule has 1 aromatic heterocycles. The van der Waals surface area contributed by atoms with Gasteiger partial charge < -0.3 is 14.2 Å². The van der Waals surface area contributed by atoms with Crippen LogP contribution in [0.3, 0.4) is 0 Å². The lowest BCUT2D eigenvalue weighted by atomic mass is 10.1. The van der Waals surface area contributed by atoms with E-state index in [9.17, 15) is 4.79 Å². The predicted molar refractivity (Wildman–Crippen MR) is 92.1 cm³/mol. The highest BCUT2D eigenvalue weighted by Crippen LogP contribution is 2.33. The summed E-state index contributed by atoms with van der Waals surface area (Å²) in [5, 5.41) is 0. The van der Waals surface area contributed by atoms with Crippen LogP contribution >= 0.6 is 15.9 Å². The summed E-state index contributed by atoms with van der Waals surface area (Å²) in [7, 11) is 3.09. The Morgan fingerprint density at radius 2 is 2.04 bits per heavy atom. The van der Waals surface area contributed by atoms with Crippen LogP contribution < -0.4 is 9.47 Å². The first-order valence-corrected chi connectivity index (χ1v) is 7.76. The minimum Gasteiger partial charge on any atom is -0.493 e. The molecule has 0 bridgehead atoms. The molecule has 1 aliphatic rings. The van der Waals surface area contributed by atoms with Crippen LogP contribution in [0.5, 0.6) is 11.5 Å². The maximum atomic E-state index is 12.1. The Kier molecular flexibility index (Phi) is 4.61. The van der Waals surface area contributed by atoms with Gasteiger partial charge in [-0.2, -0.15) is 0 Å². The molecule has 0 radical (unpaired) electrons. The third-order valence-corrected chi connectivity index (χ3v) is 3.73. The van der Waals surface area contributed by atoms with Crippen molar-refractivity contribution in [1.82, 2.24) is 4.98 Å². The third kappa shape index (κ3) is 3.16. The van der Waals surface area contributed by atoms with Crippen LogP contribution in [-0.2, 0) is 9.53 Å². The third-order valence-electron chi connectivity index (χ3n) is 3.30. The molecule has 1 aromatic carbocycles. The van der Waals surface area contributed by atoms with E-state index in [1.54, 1.807) is 49.8 Å². The van der Waals surface area contributed by atoms with Gasteiger partial charge in [0.25, 0.3) is 0 Å². The van der Waals surface area contributed by atoms with E-state index in [-0.39, 0.29) is 11.6 Å². The molecule has 122 valence electrons. The van der Waals surface area contributed by atoms with Crippen LogP contribution in [0, 0.1) is 0 Å². The lowest BCUT2D eigenvalue weighted by Crippen LogP contribution is -2.05. The number of carbonyl (C=O) groups is 1. The summed E-state index contributed by atoms with van der Waals surface area (Å²) in [6, 6.07) is 7.15. The van der Waals surface area contributed by atoms with Gasteiger partial charge in [0.2, 0.25) is 5.90 Å². The number of hydrogen-bond acceptors (Lipinski definition) is 6. The van der Waals surface area contributed by atoms with E-state index in [1.165, 1.54) is 7.11 Å². The van der Waals surface area contributed by atoms with E-state index in [1.807, 2.05) is 0 Å². The van der Waals surface area contributed by atoms with Gasteiger partial charge >= 0.3 is 5.97 Å². The summed E-state index contributed by atoms with van der Waals surface area (Å²) in [5.41, 5.74) is 1.46. The summed E-state index contributed by atoms with van der Waals surface area (Å²) in [5.74, 6) is 0.767. The molecule has 2 heterocycles. The minimum absolute atomic E-state index is 0.177. The molecule has 6 nitrogen and oxygen atoms in total. The number of aromatic nitrogens is 1. The quantitative estimate of drug-likeness (QED) is 0.593. The van der Waals surface area contributed by atoms with Gasteiger partial charge in [0.1, 0.15) is 0 Å². The summed E-state index contributed by atoms with van der Waals surface area (Å²) >= 11 is 3.32. The van der Waals surface area contributed by atoms with Crippen molar-refractivity contribution >= 4 is 33.9 Å².